The zero-order valence-corrected chi connectivity index (χ0v) is 9.25. The van der Waals surface area contributed by atoms with Crippen LogP contribution >= 0.6 is 0 Å². The second-order valence-electron chi connectivity index (χ2n) is 4.72. The minimum Gasteiger partial charge on any atom is -0.238 e. The van der Waals surface area contributed by atoms with Gasteiger partial charge in [0.25, 0.3) is 0 Å². The van der Waals surface area contributed by atoms with Gasteiger partial charge < -0.3 is 0 Å². The predicted octanol–water partition coefficient (Wildman–Crippen LogP) is 2.86. The molecular formula is C12H18N2. The molecule has 0 atom stereocenters. The SMILES string of the molecule is Cc1cc(C2CC2)nc(CC(C)C)n1. The molecule has 0 radical (unpaired) electrons. The Hall–Kier alpha value is -0.920. The van der Waals surface area contributed by atoms with E-state index in [9.17, 15) is 0 Å². The van der Waals surface area contributed by atoms with E-state index in [1.54, 1.807) is 0 Å². The molecule has 1 aromatic rings. The highest BCUT2D eigenvalue weighted by molar-refractivity contribution is 5.18. The maximum Gasteiger partial charge on any atom is 0.129 e. The first-order valence-corrected chi connectivity index (χ1v) is 5.49. The van der Waals surface area contributed by atoms with E-state index < -0.39 is 0 Å². The lowest BCUT2D eigenvalue weighted by Gasteiger charge is -2.06. The molecule has 1 saturated carbocycles. The van der Waals surface area contributed by atoms with Gasteiger partial charge >= 0.3 is 0 Å². The molecule has 2 rings (SSSR count). The van der Waals surface area contributed by atoms with Gasteiger partial charge in [0.2, 0.25) is 0 Å². The van der Waals surface area contributed by atoms with Crippen LogP contribution in [0.15, 0.2) is 6.07 Å². The molecule has 0 spiro atoms. The molecule has 0 aliphatic heterocycles. The molecule has 1 aliphatic carbocycles. The van der Waals surface area contributed by atoms with Crippen molar-refractivity contribution in [2.45, 2.75) is 46.0 Å². The molecule has 0 aromatic carbocycles. The van der Waals surface area contributed by atoms with Crippen LogP contribution in [0, 0.1) is 12.8 Å². The van der Waals surface area contributed by atoms with Crippen LogP contribution in [0.2, 0.25) is 0 Å². The van der Waals surface area contributed by atoms with Gasteiger partial charge in [0, 0.05) is 23.7 Å². The topological polar surface area (TPSA) is 25.8 Å². The molecule has 1 heterocycles. The normalized spacial score (nSPS) is 16.3. The molecule has 2 nitrogen and oxygen atoms in total. The van der Waals surface area contributed by atoms with Crippen molar-refractivity contribution in [2.24, 2.45) is 5.92 Å². The molecular weight excluding hydrogens is 172 g/mol. The zero-order chi connectivity index (χ0) is 10.1. The van der Waals surface area contributed by atoms with Crippen LogP contribution in [0.25, 0.3) is 0 Å². The minimum absolute atomic E-state index is 0.642. The maximum atomic E-state index is 4.62. The quantitative estimate of drug-likeness (QED) is 0.732. The van der Waals surface area contributed by atoms with Crippen LogP contribution in [0.1, 0.15) is 49.8 Å². The van der Waals surface area contributed by atoms with Gasteiger partial charge in [0.05, 0.1) is 0 Å². The van der Waals surface area contributed by atoms with Gasteiger partial charge in [-0.15, -0.1) is 0 Å². The Labute approximate surface area is 85.8 Å². The first-order valence-electron chi connectivity index (χ1n) is 5.49. The summed E-state index contributed by atoms with van der Waals surface area (Å²) in [6.45, 7) is 6.49. The zero-order valence-electron chi connectivity index (χ0n) is 9.25. The van der Waals surface area contributed by atoms with Crippen molar-refractivity contribution in [3.63, 3.8) is 0 Å². The third kappa shape index (κ3) is 2.31. The lowest BCUT2D eigenvalue weighted by molar-refractivity contribution is 0.615. The summed E-state index contributed by atoms with van der Waals surface area (Å²) in [6.07, 6.45) is 3.64. The summed E-state index contributed by atoms with van der Waals surface area (Å²) in [5, 5.41) is 0. The standard InChI is InChI=1S/C12H18N2/c1-8(2)6-12-13-9(3)7-11(14-12)10-4-5-10/h7-8,10H,4-6H2,1-3H3. The number of nitrogens with zero attached hydrogens (tertiary/aromatic N) is 2. The number of hydrogen-bond donors (Lipinski definition) is 0. The molecule has 2 heteroatoms. The molecule has 1 aliphatic rings. The van der Waals surface area contributed by atoms with E-state index in [1.807, 2.05) is 0 Å². The lowest BCUT2D eigenvalue weighted by atomic mass is 10.1. The fraction of sp³-hybridized carbons (Fsp3) is 0.667. The molecule has 0 unspecified atom stereocenters. The fourth-order valence-electron chi connectivity index (χ4n) is 1.70. The summed E-state index contributed by atoms with van der Waals surface area (Å²) in [7, 11) is 0. The molecule has 76 valence electrons. The maximum absolute atomic E-state index is 4.62. The molecule has 0 N–H and O–H groups in total. The van der Waals surface area contributed by atoms with Crippen molar-refractivity contribution in [3.8, 4) is 0 Å². The van der Waals surface area contributed by atoms with E-state index >= 15 is 0 Å². The molecule has 14 heavy (non-hydrogen) atoms. The Kier molecular flexibility index (Phi) is 2.53. The van der Waals surface area contributed by atoms with Gasteiger partial charge in [-0.2, -0.15) is 0 Å². The van der Waals surface area contributed by atoms with E-state index in [0.29, 0.717) is 5.92 Å². The van der Waals surface area contributed by atoms with Gasteiger partial charge in [-0.1, -0.05) is 13.8 Å². The van der Waals surface area contributed by atoms with Crippen LogP contribution in [0.5, 0.6) is 0 Å². The Morgan fingerprint density at radius 1 is 1.36 bits per heavy atom. The molecule has 1 aromatic heterocycles. The van der Waals surface area contributed by atoms with Crippen LogP contribution < -0.4 is 0 Å². The van der Waals surface area contributed by atoms with E-state index in [2.05, 4.69) is 36.8 Å². The average Bonchev–Trinajstić information content (AvgIpc) is 2.82. The first kappa shape index (κ1) is 9.63. The fourth-order valence-corrected chi connectivity index (χ4v) is 1.70. The number of hydrogen-bond acceptors (Lipinski definition) is 2. The third-order valence-electron chi connectivity index (χ3n) is 2.51. The van der Waals surface area contributed by atoms with Crippen molar-refractivity contribution in [1.82, 2.24) is 9.97 Å². The molecule has 0 amide bonds. The highest BCUT2D eigenvalue weighted by Gasteiger charge is 2.25. The van der Waals surface area contributed by atoms with Crippen molar-refractivity contribution >= 4 is 0 Å². The highest BCUT2D eigenvalue weighted by atomic mass is 14.9. The number of aromatic nitrogens is 2. The van der Waals surface area contributed by atoms with E-state index in [-0.39, 0.29) is 0 Å². The average molecular weight is 190 g/mol. The van der Waals surface area contributed by atoms with Gasteiger partial charge in [-0.25, -0.2) is 9.97 Å². The minimum atomic E-state index is 0.642. The van der Waals surface area contributed by atoms with Crippen LogP contribution in [0.4, 0.5) is 0 Å². The predicted molar refractivity (Wildman–Crippen MR) is 57.3 cm³/mol. The largest absolute Gasteiger partial charge is 0.238 e. The second-order valence-corrected chi connectivity index (χ2v) is 4.72. The van der Waals surface area contributed by atoms with Crippen molar-refractivity contribution in [3.05, 3.63) is 23.3 Å². The van der Waals surface area contributed by atoms with E-state index in [1.165, 1.54) is 18.5 Å². The summed E-state index contributed by atoms with van der Waals surface area (Å²) in [6, 6.07) is 2.14. The van der Waals surface area contributed by atoms with Gasteiger partial charge in [0.1, 0.15) is 5.82 Å². The monoisotopic (exact) mass is 190 g/mol. The van der Waals surface area contributed by atoms with Crippen molar-refractivity contribution < 1.29 is 0 Å². The van der Waals surface area contributed by atoms with E-state index in [4.69, 9.17) is 0 Å². The summed E-state index contributed by atoms with van der Waals surface area (Å²) in [4.78, 5) is 9.10. The van der Waals surface area contributed by atoms with Crippen LogP contribution in [0.3, 0.4) is 0 Å². The first-order chi connectivity index (χ1) is 6.65. The van der Waals surface area contributed by atoms with Gasteiger partial charge in [-0.05, 0) is 31.7 Å². The Morgan fingerprint density at radius 2 is 2.07 bits per heavy atom. The van der Waals surface area contributed by atoms with Crippen LogP contribution in [-0.4, -0.2) is 9.97 Å². The molecule has 0 saturated heterocycles. The smallest absolute Gasteiger partial charge is 0.129 e. The Morgan fingerprint density at radius 3 is 2.64 bits per heavy atom. The second kappa shape index (κ2) is 3.68. The van der Waals surface area contributed by atoms with Crippen molar-refractivity contribution in [1.29, 1.82) is 0 Å². The summed E-state index contributed by atoms with van der Waals surface area (Å²) < 4.78 is 0. The highest BCUT2D eigenvalue weighted by Crippen LogP contribution is 2.39. The number of aryl methyl sites for hydroxylation is 1. The Bertz CT molecular complexity index is 327. The summed E-state index contributed by atoms with van der Waals surface area (Å²) >= 11 is 0. The van der Waals surface area contributed by atoms with Gasteiger partial charge in [0.15, 0.2) is 0 Å². The van der Waals surface area contributed by atoms with E-state index in [0.717, 1.165) is 23.9 Å². The van der Waals surface area contributed by atoms with Crippen molar-refractivity contribution in [2.75, 3.05) is 0 Å². The third-order valence-corrected chi connectivity index (χ3v) is 2.51. The Balaban J connectivity index is 2.22. The summed E-state index contributed by atoms with van der Waals surface area (Å²) in [5.41, 5.74) is 2.39. The van der Waals surface area contributed by atoms with Crippen LogP contribution in [-0.2, 0) is 6.42 Å². The van der Waals surface area contributed by atoms with Gasteiger partial charge in [-0.3, -0.25) is 0 Å². The number of rotatable bonds is 3. The molecule has 1 fully saturated rings. The summed E-state index contributed by atoms with van der Waals surface area (Å²) in [5.74, 6) is 2.41. The molecule has 0 bridgehead atoms. The lowest BCUT2D eigenvalue weighted by Crippen LogP contribution is -2.04.